The maximum absolute atomic E-state index is 5.61. The van der Waals surface area contributed by atoms with Crippen LogP contribution in [-0.2, 0) is 6.54 Å². The van der Waals surface area contributed by atoms with Gasteiger partial charge in [-0.05, 0) is 25.5 Å². The highest BCUT2D eigenvalue weighted by atomic mass is 16.4. The van der Waals surface area contributed by atoms with Crippen LogP contribution in [0.25, 0.3) is 11.5 Å². The number of hydrogen-bond acceptors (Lipinski definition) is 3. The van der Waals surface area contributed by atoms with Gasteiger partial charge in [-0.2, -0.15) is 0 Å². The van der Waals surface area contributed by atoms with Gasteiger partial charge < -0.3 is 9.73 Å². The second-order valence-electron chi connectivity index (χ2n) is 4.19. The van der Waals surface area contributed by atoms with Crippen LogP contribution in [0.1, 0.15) is 26.2 Å². The van der Waals surface area contributed by atoms with E-state index in [1.54, 1.807) is 0 Å². The van der Waals surface area contributed by atoms with Crippen molar-refractivity contribution in [1.29, 1.82) is 0 Å². The van der Waals surface area contributed by atoms with Crippen molar-refractivity contribution in [3.63, 3.8) is 0 Å². The van der Waals surface area contributed by atoms with Crippen LogP contribution in [0.4, 0.5) is 0 Å². The average molecular weight is 232 g/mol. The minimum atomic E-state index is 0.585. The van der Waals surface area contributed by atoms with Crippen molar-refractivity contribution >= 4 is 0 Å². The Labute approximate surface area is 101 Å². The van der Waals surface area contributed by atoms with Crippen molar-refractivity contribution in [2.24, 2.45) is 0 Å². The molecule has 0 bridgehead atoms. The molecule has 4 nitrogen and oxygen atoms in total. The fourth-order valence-electron chi connectivity index (χ4n) is 1.50. The second-order valence-corrected chi connectivity index (χ2v) is 4.19. The molecule has 0 amide bonds. The Hall–Kier alpha value is -1.68. The highest BCUT2D eigenvalue weighted by Gasteiger charge is 2.10. The molecule has 2 aromatic rings. The molecule has 0 aliphatic rings. The van der Waals surface area contributed by atoms with Gasteiger partial charge >= 0.3 is 0 Å². The summed E-state index contributed by atoms with van der Waals surface area (Å²) in [5.74, 6) is 1.28. The molecule has 0 spiro atoms. The van der Waals surface area contributed by atoms with Crippen molar-refractivity contribution < 1.29 is 9.73 Å². The molecule has 0 aliphatic heterocycles. The SMILES string of the molecule is CC[C@@H](C)[NH2+]Cc1nnc(-c2ccccc2)o1. The molecule has 1 atom stereocenters. The summed E-state index contributed by atoms with van der Waals surface area (Å²) < 4.78 is 5.61. The standard InChI is InChI=1S/C13H17N3O/c1-3-10(2)14-9-12-15-16-13(17-12)11-7-5-4-6-8-11/h4-8,10,14H,3,9H2,1-2H3/p+1/t10-/m1/s1. The normalized spacial score (nSPS) is 12.6. The largest absolute Gasteiger partial charge is 0.415 e. The number of rotatable bonds is 5. The molecule has 0 aliphatic carbocycles. The first-order chi connectivity index (χ1) is 8.29. The number of benzene rings is 1. The molecular weight excluding hydrogens is 214 g/mol. The number of nitrogens with zero attached hydrogens (tertiary/aromatic N) is 2. The maximum Gasteiger partial charge on any atom is 0.271 e. The first-order valence-corrected chi connectivity index (χ1v) is 6.00. The molecule has 0 radical (unpaired) electrons. The molecule has 0 saturated heterocycles. The zero-order valence-corrected chi connectivity index (χ0v) is 10.3. The third kappa shape index (κ3) is 3.14. The van der Waals surface area contributed by atoms with E-state index in [-0.39, 0.29) is 0 Å². The lowest BCUT2D eigenvalue weighted by molar-refractivity contribution is -0.703. The second kappa shape index (κ2) is 5.59. The Morgan fingerprint density at radius 1 is 1.24 bits per heavy atom. The van der Waals surface area contributed by atoms with Gasteiger partial charge in [0.25, 0.3) is 5.89 Å². The molecule has 1 aromatic carbocycles. The van der Waals surface area contributed by atoms with E-state index in [9.17, 15) is 0 Å². The van der Waals surface area contributed by atoms with Crippen LogP contribution in [0.5, 0.6) is 0 Å². The molecular formula is C13H18N3O+. The lowest BCUT2D eigenvalue weighted by atomic mass is 10.2. The highest BCUT2D eigenvalue weighted by Crippen LogP contribution is 2.16. The third-order valence-corrected chi connectivity index (χ3v) is 2.83. The van der Waals surface area contributed by atoms with E-state index in [2.05, 4.69) is 29.4 Å². The Balaban J connectivity index is 2.01. The first kappa shape index (κ1) is 11.8. The smallest absolute Gasteiger partial charge is 0.271 e. The topological polar surface area (TPSA) is 55.5 Å². The Bertz CT molecular complexity index is 453. The van der Waals surface area contributed by atoms with Gasteiger partial charge in [0.05, 0.1) is 6.04 Å². The van der Waals surface area contributed by atoms with Crippen LogP contribution >= 0.6 is 0 Å². The van der Waals surface area contributed by atoms with Gasteiger partial charge in [0, 0.05) is 5.56 Å². The molecule has 1 aromatic heterocycles. The summed E-state index contributed by atoms with van der Waals surface area (Å²) >= 11 is 0. The number of quaternary nitrogens is 1. The van der Waals surface area contributed by atoms with E-state index in [0.717, 1.165) is 18.5 Å². The molecule has 17 heavy (non-hydrogen) atoms. The summed E-state index contributed by atoms with van der Waals surface area (Å²) in [6, 6.07) is 10.4. The van der Waals surface area contributed by atoms with E-state index in [0.29, 0.717) is 17.8 Å². The number of nitrogens with two attached hydrogens (primary N) is 1. The molecule has 0 saturated carbocycles. The van der Waals surface area contributed by atoms with Crippen LogP contribution in [0, 0.1) is 0 Å². The fraction of sp³-hybridized carbons (Fsp3) is 0.385. The fourth-order valence-corrected chi connectivity index (χ4v) is 1.50. The monoisotopic (exact) mass is 232 g/mol. The van der Waals surface area contributed by atoms with Crippen molar-refractivity contribution in [2.75, 3.05) is 0 Å². The molecule has 0 unspecified atom stereocenters. The third-order valence-electron chi connectivity index (χ3n) is 2.83. The van der Waals surface area contributed by atoms with Gasteiger partial charge in [-0.15, -0.1) is 10.2 Å². The lowest BCUT2D eigenvalue weighted by Gasteiger charge is -2.04. The minimum absolute atomic E-state index is 0.585. The number of aromatic nitrogens is 2. The van der Waals surface area contributed by atoms with Crippen molar-refractivity contribution in [3.8, 4) is 11.5 Å². The molecule has 1 heterocycles. The number of hydrogen-bond donors (Lipinski definition) is 1. The van der Waals surface area contributed by atoms with Crippen LogP contribution in [0.3, 0.4) is 0 Å². The molecule has 2 N–H and O–H groups in total. The van der Waals surface area contributed by atoms with Gasteiger partial charge in [0.2, 0.25) is 5.89 Å². The van der Waals surface area contributed by atoms with Gasteiger partial charge in [-0.1, -0.05) is 25.1 Å². The molecule has 0 fully saturated rings. The molecule has 90 valence electrons. The van der Waals surface area contributed by atoms with Gasteiger partial charge in [-0.25, -0.2) is 0 Å². The predicted molar refractivity (Wildman–Crippen MR) is 65.1 cm³/mol. The van der Waals surface area contributed by atoms with Gasteiger partial charge in [0.15, 0.2) is 6.54 Å². The summed E-state index contributed by atoms with van der Waals surface area (Å²) in [5.41, 5.74) is 0.967. The predicted octanol–water partition coefficient (Wildman–Crippen LogP) is 1.60. The van der Waals surface area contributed by atoms with Crippen LogP contribution in [-0.4, -0.2) is 16.2 Å². The Morgan fingerprint density at radius 3 is 2.71 bits per heavy atom. The van der Waals surface area contributed by atoms with E-state index in [1.807, 2.05) is 30.3 Å². The highest BCUT2D eigenvalue weighted by molar-refractivity contribution is 5.51. The summed E-state index contributed by atoms with van der Waals surface area (Å²) in [4.78, 5) is 0. The van der Waals surface area contributed by atoms with E-state index >= 15 is 0 Å². The zero-order chi connectivity index (χ0) is 12.1. The van der Waals surface area contributed by atoms with Crippen LogP contribution in [0.15, 0.2) is 34.7 Å². The maximum atomic E-state index is 5.61. The molecule has 4 heteroatoms. The van der Waals surface area contributed by atoms with Gasteiger partial charge in [0.1, 0.15) is 0 Å². The Kier molecular flexibility index (Phi) is 3.88. The quantitative estimate of drug-likeness (QED) is 0.852. The van der Waals surface area contributed by atoms with Crippen LogP contribution < -0.4 is 5.32 Å². The van der Waals surface area contributed by atoms with Crippen molar-refractivity contribution in [1.82, 2.24) is 10.2 Å². The summed E-state index contributed by atoms with van der Waals surface area (Å²) in [5, 5.41) is 10.3. The van der Waals surface area contributed by atoms with E-state index in [1.165, 1.54) is 0 Å². The van der Waals surface area contributed by atoms with Crippen LogP contribution in [0.2, 0.25) is 0 Å². The summed E-state index contributed by atoms with van der Waals surface area (Å²) in [6.45, 7) is 5.10. The lowest BCUT2D eigenvalue weighted by Crippen LogP contribution is -2.87. The van der Waals surface area contributed by atoms with E-state index < -0.39 is 0 Å². The Morgan fingerprint density at radius 2 is 2.00 bits per heavy atom. The first-order valence-electron chi connectivity index (χ1n) is 6.00. The van der Waals surface area contributed by atoms with Crippen molar-refractivity contribution in [3.05, 3.63) is 36.2 Å². The zero-order valence-electron chi connectivity index (χ0n) is 10.3. The molecule has 2 rings (SSSR count). The summed E-state index contributed by atoms with van der Waals surface area (Å²) in [6.07, 6.45) is 1.14. The van der Waals surface area contributed by atoms with Gasteiger partial charge in [-0.3, -0.25) is 0 Å². The van der Waals surface area contributed by atoms with E-state index in [4.69, 9.17) is 4.42 Å². The average Bonchev–Trinajstić information content (AvgIpc) is 2.86. The minimum Gasteiger partial charge on any atom is -0.415 e. The summed E-state index contributed by atoms with van der Waals surface area (Å²) in [7, 11) is 0. The van der Waals surface area contributed by atoms with Crippen molar-refractivity contribution in [2.45, 2.75) is 32.9 Å².